The Hall–Kier alpha value is -2.47. The van der Waals surface area contributed by atoms with Gasteiger partial charge in [-0.05, 0) is 120 Å². The number of esters is 1. The van der Waals surface area contributed by atoms with Crippen molar-refractivity contribution in [3.8, 4) is 0 Å². The number of hydrogen-bond donors (Lipinski definition) is 23. The van der Waals surface area contributed by atoms with Gasteiger partial charge in [-0.15, -0.1) is 0 Å². The number of unbranched alkanes of at least 4 members (excludes halogenated alkanes) is 3. The summed E-state index contributed by atoms with van der Waals surface area (Å²) in [6.07, 6.45) is -33.8. The van der Waals surface area contributed by atoms with Gasteiger partial charge in [-0.3, -0.25) is 4.79 Å². The first kappa shape index (κ1) is 97.9. The third-order valence-electron chi connectivity index (χ3n) is 23.2. The van der Waals surface area contributed by atoms with Crippen molar-refractivity contribution in [2.24, 2.45) is 64.7 Å². The summed E-state index contributed by atoms with van der Waals surface area (Å²) in [6, 6.07) is -1.19. The van der Waals surface area contributed by atoms with Crippen LogP contribution in [0, 0.1) is 53.3 Å². The van der Waals surface area contributed by atoms with Crippen LogP contribution in [0.3, 0.4) is 0 Å². The molecule has 634 valence electrons. The number of carbonyl (C=O) groups excluding carboxylic acids is 1. The summed E-state index contributed by atoms with van der Waals surface area (Å²) in [5.41, 5.74) is 12.6. The van der Waals surface area contributed by atoms with Crippen LogP contribution >= 0.6 is 0 Å². The van der Waals surface area contributed by atoms with Gasteiger partial charge in [0, 0.05) is 48.3 Å². The maximum Gasteiger partial charge on any atom is 0.306 e. The highest BCUT2D eigenvalue weighted by atomic mass is 16.7. The molecule has 0 spiro atoms. The van der Waals surface area contributed by atoms with Crippen LogP contribution in [0.1, 0.15) is 186 Å². The van der Waals surface area contributed by atoms with E-state index in [9.17, 15) is 112 Å². The van der Waals surface area contributed by atoms with E-state index < -0.39 is 258 Å². The molecule has 4 heterocycles. The molecule has 24 unspecified atom stereocenters. The van der Waals surface area contributed by atoms with Crippen LogP contribution in [0.4, 0.5) is 0 Å². The topological polar surface area (TPSA) is 559 Å². The summed E-state index contributed by atoms with van der Waals surface area (Å²) in [6.45, 7) is 19.0. The van der Waals surface area contributed by atoms with E-state index in [4.69, 9.17) is 44.6 Å². The summed E-state index contributed by atoms with van der Waals surface area (Å²) in [5, 5.41) is 236. The van der Waals surface area contributed by atoms with Gasteiger partial charge in [-0.25, -0.2) is 0 Å². The summed E-state index contributed by atoms with van der Waals surface area (Å²) in [5.74, 6) is -6.38. The number of hydrogen-bond acceptors (Lipinski definition) is 31. The molecule has 108 heavy (non-hydrogen) atoms. The van der Waals surface area contributed by atoms with Gasteiger partial charge < -0.3 is 152 Å². The maximum absolute atomic E-state index is 14.2. The van der Waals surface area contributed by atoms with Crippen molar-refractivity contribution >= 4 is 5.97 Å². The lowest BCUT2D eigenvalue weighted by molar-refractivity contribution is -0.364. The predicted molar refractivity (Wildman–Crippen MR) is 394 cm³/mol. The average molecular weight is 1560 g/mol. The Kier molecular flexibility index (Phi) is 43.1. The Balaban J connectivity index is 1.70. The second kappa shape index (κ2) is 47.5. The predicted octanol–water partition coefficient (Wildman–Crippen LogP) is -1.20. The van der Waals surface area contributed by atoms with E-state index in [1.165, 1.54) is 33.8 Å². The van der Waals surface area contributed by atoms with Crippen molar-refractivity contribution in [2.75, 3.05) is 19.8 Å². The molecule has 4 aliphatic heterocycles. The smallest absolute Gasteiger partial charge is 0.306 e. The lowest BCUT2D eigenvalue weighted by Crippen LogP contribution is -2.65. The molecule has 3 fully saturated rings. The van der Waals surface area contributed by atoms with Crippen LogP contribution in [0.5, 0.6) is 0 Å². The average Bonchev–Trinajstić information content (AvgIpc) is 0.786. The summed E-state index contributed by atoms with van der Waals surface area (Å²) >= 11 is 0. The molecule has 31 nitrogen and oxygen atoms in total. The minimum Gasteiger partial charge on any atom is -0.462 e. The lowest BCUT2D eigenvalue weighted by atomic mass is 9.81. The van der Waals surface area contributed by atoms with Crippen LogP contribution in [-0.4, -0.2) is 317 Å². The van der Waals surface area contributed by atoms with Gasteiger partial charge in [0.1, 0.15) is 67.1 Å². The number of carbonyl (C=O) groups is 1. The minimum atomic E-state index is -2.09. The van der Waals surface area contributed by atoms with Crippen LogP contribution in [-0.2, 0) is 38.0 Å². The number of aliphatic hydroxyl groups excluding tert-OH is 21. The van der Waals surface area contributed by atoms with Crippen molar-refractivity contribution in [1.82, 2.24) is 0 Å². The van der Waals surface area contributed by atoms with Gasteiger partial charge in [0.2, 0.25) is 0 Å². The normalized spacial score (nSPS) is 46.2. The fourth-order valence-corrected chi connectivity index (χ4v) is 15.2. The van der Waals surface area contributed by atoms with Crippen molar-refractivity contribution in [2.45, 2.75) is 369 Å². The van der Waals surface area contributed by atoms with Crippen LogP contribution in [0.2, 0.25) is 0 Å². The zero-order valence-corrected chi connectivity index (χ0v) is 65.6. The molecule has 0 aliphatic carbocycles. The van der Waals surface area contributed by atoms with Crippen LogP contribution in [0.25, 0.3) is 0 Å². The molecule has 4 aliphatic rings. The molecule has 39 atom stereocenters. The first-order chi connectivity index (χ1) is 50.6. The second-order valence-electron chi connectivity index (χ2n) is 32.5. The Morgan fingerprint density at radius 1 is 0.500 bits per heavy atom. The SMILES string of the molecule is C/C1=C\C(C)C(O)/C(C)=C/C(O[C@H]2O[C@H](CO)[C@@H](O)[C@H](O[C@@H]3O[C@H](CO)[C@@H](O)[C@H](O)[C@@H]3O)[C@@H]2O)C(O)C(C)C(O)CC(O)CC(O)C(C)C(O)CC(O)CC(O)C(C)C(O)CC(O)CC(O[C@@H]2O[C@H](C)[C@@H](O)[C@H](N)[C@H]2O)C(C)C(C(C)CC(C)CCCCCCN)OC(=O)CCC(C)C(O)CC/C=C/C(C)C1O. The molecule has 4 rings (SSSR count). The van der Waals surface area contributed by atoms with Crippen molar-refractivity contribution in [3.63, 3.8) is 0 Å². The maximum atomic E-state index is 14.2. The van der Waals surface area contributed by atoms with E-state index in [1.807, 2.05) is 19.9 Å². The molecule has 0 bridgehead atoms. The zero-order chi connectivity index (χ0) is 81.5. The van der Waals surface area contributed by atoms with Gasteiger partial charge in [-0.2, -0.15) is 0 Å². The lowest BCUT2D eigenvalue weighted by Gasteiger charge is -2.46. The first-order valence-corrected chi connectivity index (χ1v) is 39.4. The monoisotopic (exact) mass is 1560 g/mol. The second-order valence-corrected chi connectivity index (χ2v) is 32.5. The number of aliphatic hydroxyl groups is 21. The number of cyclic esters (lactones) is 1. The quantitative estimate of drug-likeness (QED) is 0.0462. The van der Waals surface area contributed by atoms with Crippen LogP contribution in [0.15, 0.2) is 35.5 Å². The van der Waals surface area contributed by atoms with E-state index in [1.54, 1.807) is 46.8 Å². The highest BCUT2D eigenvalue weighted by Gasteiger charge is 2.53. The van der Waals surface area contributed by atoms with E-state index in [-0.39, 0.29) is 55.4 Å². The van der Waals surface area contributed by atoms with Gasteiger partial charge in [0.25, 0.3) is 0 Å². The Labute approximate surface area is 638 Å². The third-order valence-corrected chi connectivity index (χ3v) is 23.2. The third kappa shape index (κ3) is 29.4. The number of rotatable bonds is 17. The van der Waals surface area contributed by atoms with Gasteiger partial charge in [-0.1, -0.05) is 112 Å². The zero-order valence-electron chi connectivity index (χ0n) is 65.6. The van der Waals surface area contributed by atoms with Gasteiger partial charge in [0.05, 0.1) is 111 Å². The number of nitrogens with two attached hydrogens (primary N) is 2. The Bertz CT molecular complexity index is 2600. The largest absolute Gasteiger partial charge is 0.462 e. The summed E-state index contributed by atoms with van der Waals surface area (Å²) in [4.78, 5) is 14.2. The fraction of sp³-hybridized carbons (Fsp3) is 0.909. The molecular weight excluding hydrogens is 1420 g/mol. The highest BCUT2D eigenvalue weighted by Crippen LogP contribution is 2.37. The molecule has 0 aromatic heterocycles. The number of ether oxygens (including phenoxy) is 7. The van der Waals surface area contributed by atoms with Gasteiger partial charge >= 0.3 is 5.97 Å². The number of allylic oxidation sites excluding steroid dienone is 1. The standard InChI is InChI=1S/C77H142N2O29/c1-36(19-15-13-14-18-24-78)25-42(7)73-46(11)57(103-75-69(98)62(79)66(95)47(12)102-75)33-50(84)32-55(89)44(9)53(87)29-48(82)28-52(86)43(8)54(88)30-49(83)31-56(90)45(10)65(94)58(104-77-72(101)74(68(97)60(35-81)106-77)108-76-71(100)70(99)67(96)59(34-80)105-76)27-41(6)64(93)40(5)26-39(4)63(92)38(3)20-16-17-21-51(85)37(2)22-23-61(91)107-73/h16,20,26-27,36-38,40,42-60,62-77,80-90,92-101H,13-15,17-19,21-25,28-35,78-79H2,1-12H3/b20-16+,39-26+,41-27+/t36?,37?,38?,40?,42?,43?,44?,45?,46?,47-,48?,49?,50?,51?,52?,53?,54?,55?,56?,57?,58?,59-,60-,62+,63?,64?,65?,66-,67-,68-,69-,70+,71+,72+,73?,74+,75+,76+,77+/m1/s1. The van der Waals surface area contributed by atoms with E-state index in [0.29, 0.717) is 31.4 Å². The fourth-order valence-electron chi connectivity index (χ4n) is 15.2. The van der Waals surface area contributed by atoms with Crippen molar-refractivity contribution in [3.05, 3.63) is 35.5 Å². The molecule has 0 aromatic rings. The van der Waals surface area contributed by atoms with E-state index in [0.717, 1.165) is 32.1 Å². The Morgan fingerprint density at radius 3 is 1.54 bits per heavy atom. The molecule has 31 heteroatoms. The molecule has 0 radical (unpaired) electrons. The van der Waals surface area contributed by atoms with Crippen molar-refractivity contribution < 1.29 is 145 Å². The summed E-state index contributed by atoms with van der Waals surface area (Å²) in [7, 11) is 0. The first-order valence-electron chi connectivity index (χ1n) is 39.4. The molecule has 3 saturated heterocycles. The molecule has 0 aromatic carbocycles. The molecule has 0 amide bonds. The Morgan fingerprint density at radius 2 is 0.991 bits per heavy atom. The molecule has 25 N–H and O–H groups in total. The van der Waals surface area contributed by atoms with E-state index in [2.05, 4.69) is 6.92 Å². The van der Waals surface area contributed by atoms with Gasteiger partial charge in [0.15, 0.2) is 18.9 Å². The molecule has 0 saturated carbocycles. The van der Waals surface area contributed by atoms with Crippen molar-refractivity contribution in [1.29, 1.82) is 0 Å². The minimum absolute atomic E-state index is 0.0848. The molecular formula is C77H142N2O29. The highest BCUT2D eigenvalue weighted by molar-refractivity contribution is 5.69. The summed E-state index contributed by atoms with van der Waals surface area (Å²) < 4.78 is 42.2. The van der Waals surface area contributed by atoms with E-state index >= 15 is 0 Å². The van der Waals surface area contributed by atoms with Crippen LogP contribution < -0.4 is 11.5 Å².